The first-order valence-electron chi connectivity index (χ1n) is 9.73. The van der Waals surface area contributed by atoms with Crippen LogP contribution in [0.4, 0.5) is 8.78 Å². The van der Waals surface area contributed by atoms with Crippen LogP contribution >= 0.6 is 11.6 Å². The Morgan fingerprint density at radius 1 is 1.13 bits per heavy atom. The molecule has 0 N–H and O–H groups in total. The van der Waals surface area contributed by atoms with Crippen LogP contribution in [-0.4, -0.2) is 40.7 Å². The molecule has 168 valence electrons. The van der Waals surface area contributed by atoms with E-state index in [-0.39, 0.29) is 30.0 Å². The van der Waals surface area contributed by atoms with E-state index in [0.29, 0.717) is 5.56 Å². The van der Waals surface area contributed by atoms with Crippen LogP contribution in [0.2, 0.25) is 5.02 Å². The van der Waals surface area contributed by atoms with Gasteiger partial charge in [-0.25, -0.2) is 8.78 Å². The highest BCUT2D eigenvalue weighted by Crippen LogP contribution is 2.40. The zero-order valence-electron chi connectivity index (χ0n) is 17.5. The van der Waals surface area contributed by atoms with E-state index in [4.69, 9.17) is 25.8 Å². The second kappa shape index (κ2) is 9.32. The molecule has 0 radical (unpaired) electrons. The van der Waals surface area contributed by atoms with Gasteiger partial charge in [0.2, 0.25) is 6.29 Å². The van der Waals surface area contributed by atoms with E-state index in [2.05, 4.69) is 5.10 Å². The van der Waals surface area contributed by atoms with E-state index in [1.807, 2.05) is 13.8 Å². The fourth-order valence-electron chi connectivity index (χ4n) is 3.82. The van der Waals surface area contributed by atoms with Crippen molar-refractivity contribution in [3.05, 3.63) is 41.2 Å². The lowest BCUT2D eigenvalue weighted by Gasteiger charge is -2.43. The number of ether oxygens (including phenoxy) is 3. The van der Waals surface area contributed by atoms with Gasteiger partial charge in [0.05, 0.1) is 12.2 Å². The molecule has 31 heavy (non-hydrogen) atoms. The summed E-state index contributed by atoms with van der Waals surface area (Å²) in [4.78, 5) is 22.8. The molecule has 1 aliphatic heterocycles. The number of benzene rings is 1. The first kappa shape index (κ1) is 23.1. The SMILES string of the molecule is CC(=O)OCC1O[C@@H](OC(C)=O)C(C)[C@@H](n2cc(-c3cc(F)c(Cl)c(F)c3)cn2)[C@H]1C. The van der Waals surface area contributed by atoms with E-state index in [1.54, 1.807) is 10.9 Å². The first-order chi connectivity index (χ1) is 14.6. The Morgan fingerprint density at radius 2 is 1.77 bits per heavy atom. The van der Waals surface area contributed by atoms with Crippen LogP contribution in [-0.2, 0) is 23.8 Å². The van der Waals surface area contributed by atoms with E-state index in [9.17, 15) is 18.4 Å². The fourth-order valence-corrected chi connectivity index (χ4v) is 3.93. The second-order valence-electron chi connectivity index (χ2n) is 7.63. The van der Waals surface area contributed by atoms with Crippen LogP contribution in [0.3, 0.4) is 0 Å². The number of carbonyl (C=O) groups excluding carboxylic acids is 2. The number of carbonyl (C=O) groups is 2. The largest absolute Gasteiger partial charge is 0.463 e. The average molecular weight is 457 g/mol. The zero-order chi connectivity index (χ0) is 22.9. The van der Waals surface area contributed by atoms with Crippen molar-refractivity contribution < 1.29 is 32.6 Å². The topological polar surface area (TPSA) is 79.7 Å². The molecule has 10 heteroatoms. The van der Waals surface area contributed by atoms with Gasteiger partial charge in [-0.3, -0.25) is 14.3 Å². The summed E-state index contributed by atoms with van der Waals surface area (Å²) in [6.07, 6.45) is 1.71. The first-order valence-corrected chi connectivity index (χ1v) is 10.1. The van der Waals surface area contributed by atoms with E-state index in [1.165, 1.54) is 20.0 Å². The summed E-state index contributed by atoms with van der Waals surface area (Å²) in [6.45, 7) is 6.31. The average Bonchev–Trinajstić information content (AvgIpc) is 3.16. The molecule has 0 saturated carbocycles. The van der Waals surface area contributed by atoms with Gasteiger partial charge in [0.1, 0.15) is 29.4 Å². The summed E-state index contributed by atoms with van der Waals surface area (Å²) in [6, 6.07) is 1.96. The van der Waals surface area contributed by atoms with Gasteiger partial charge in [-0.1, -0.05) is 25.4 Å². The number of nitrogens with zero attached hydrogens (tertiary/aromatic N) is 2. The monoisotopic (exact) mass is 456 g/mol. The smallest absolute Gasteiger partial charge is 0.304 e. The van der Waals surface area contributed by atoms with Crippen LogP contribution in [0.5, 0.6) is 0 Å². The lowest BCUT2D eigenvalue weighted by molar-refractivity contribution is -0.248. The van der Waals surface area contributed by atoms with Gasteiger partial charge in [-0.05, 0) is 17.7 Å². The molecule has 1 saturated heterocycles. The van der Waals surface area contributed by atoms with E-state index in [0.717, 1.165) is 12.1 Å². The number of hydrogen-bond donors (Lipinski definition) is 0. The molecule has 5 atom stereocenters. The lowest BCUT2D eigenvalue weighted by atomic mass is 9.83. The quantitative estimate of drug-likeness (QED) is 0.497. The van der Waals surface area contributed by atoms with Crippen LogP contribution < -0.4 is 0 Å². The van der Waals surface area contributed by atoms with Crippen LogP contribution in [0.1, 0.15) is 33.7 Å². The number of hydrogen-bond acceptors (Lipinski definition) is 6. The molecule has 3 rings (SSSR count). The number of halogens is 3. The minimum absolute atomic E-state index is 0.0147. The zero-order valence-corrected chi connectivity index (χ0v) is 18.2. The van der Waals surface area contributed by atoms with Crippen molar-refractivity contribution in [3.63, 3.8) is 0 Å². The molecule has 0 spiro atoms. The highest BCUT2D eigenvalue weighted by molar-refractivity contribution is 6.31. The van der Waals surface area contributed by atoms with Gasteiger partial charge in [0.25, 0.3) is 0 Å². The molecule has 2 aromatic rings. The van der Waals surface area contributed by atoms with Gasteiger partial charge in [0.15, 0.2) is 0 Å². The predicted molar refractivity (Wildman–Crippen MR) is 107 cm³/mol. The molecule has 0 bridgehead atoms. The molecular weight excluding hydrogens is 434 g/mol. The third kappa shape index (κ3) is 5.04. The van der Waals surface area contributed by atoms with Crippen molar-refractivity contribution in [2.75, 3.05) is 6.61 Å². The fraction of sp³-hybridized carbons (Fsp3) is 0.476. The Morgan fingerprint density at radius 3 is 2.35 bits per heavy atom. The molecule has 1 aromatic carbocycles. The minimum Gasteiger partial charge on any atom is -0.463 e. The van der Waals surface area contributed by atoms with Crippen LogP contribution in [0.25, 0.3) is 11.1 Å². The van der Waals surface area contributed by atoms with Gasteiger partial charge in [0, 0.05) is 37.4 Å². The Hall–Kier alpha value is -2.52. The molecule has 1 aliphatic rings. The number of aromatic nitrogens is 2. The molecular formula is C21H23ClF2N2O5. The second-order valence-corrected chi connectivity index (χ2v) is 8.00. The predicted octanol–water partition coefficient (Wildman–Crippen LogP) is 4.15. The highest BCUT2D eigenvalue weighted by Gasteiger charge is 2.45. The molecule has 2 heterocycles. The Labute approximate surface area is 183 Å². The maximum Gasteiger partial charge on any atom is 0.304 e. The lowest BCUT2D eigenvalue weighted by Crippen LogP contribution is -2.49. The minimum atomic E-state index is -0.877. The van der Waals surface area contributed by atoms with E-state index < -0.39 is 41.0 Å². The summed E-state index contributed by atoms with van der Waals surface area (Å²) in [7, 11) is 0. The van der Waals surface area contributed by atoms with Crippen molar-refractivity contribution in [1.82, 2.24) is 9.78 Å². The molecule has 0 amide bonds. The standard InChI is InChI=1S/C21H23ClF2N2O5/c1-10-18(9-29-12(3)27)31-21(30-13(4)28)11(2)20(10)26-8-15(7-25-26)14-5-16(23)19(22)17(24)6-14/h5-8,10-11,18,20-21H,9H2,1-4H3/t10-,11?,18?,20-,21+/m0/s1. The molecule has 1 aromatic heterocycles. The van der Waals surface area contributed by atoms with Gasteiger partial charge >= 0.3 is 11.9 Å². The van der Waals surface area contributed by atoms with Gasteiger partial charge in [-0.2, -0.15) is 5.10 Å². The Kier molecular flexibility index (Phi) is 6.96. The van der Waals surface area contributed by atoms with Crippen molar-refractivity contribution >= 4 is 23.5 Å². The highest BCUT2D eigenvalue weighted by atomic mass is 35.5. The normalized spacial score (nSPS) is 25.8. The van der Waals surface area contributed by atoms with Crippen molar-refractivity contribution in [2.24, 2.45) is 11.8 Å². The molecule has 1 fully saturated rings. The van der Waals surface area contributed by atoms with E-state index >= 15 is 0 Å². The number of esters is 2. The Balaban J connectivity index is 1.93. The third-order valence-corrected chi connectivity index (χ3v) is 5.72. The summed E-state index contributed by atoms with van der Waals surface area (Å²) < 4.78 is 45.7. The van der Waals surface area contributed by atoms with Crippen LogP contribution in [0, 0.1) is 23.5 Å². The van der Waals surface area contributed by atoms with Crippen molar-refractivity contribution in [2.45, 2.75) is 46.1 Å². The Bertz CT molecular complexity index is 959. The van der Waals surface area contributed by atoms with Gasteiger partial charge < -0.3 is 14.2 Å². The van der Waals surface area contributed by atoms with Crippen LogP contribution in [0.15, 0.2) is 24.5 Å². The summed E-state index contributed by atoms with van der Waals surface area (Å²) in [5, 5.41) is 3.81. The summed E-state index contributed by atoms with van der Waals surface area (Å²) >= 11 is 5.57. The third-order valence-electron chi connectivity index (χ3n) is 5.36. The molecule has 7 nitrogen and oxygen atoms in total. The van der Waals surface area contributed by atoms with Crippen molar-refractivity contribution in [1.29, 1.82) is 0 Å². The summed E-state index contributed by atoms with van der Waals surface area (Å²) in [5.41, 5.74) is 0.770. The maximum absolute atomic E-state index is 13.9. The summed E-state index contributed by atoms with van der Waals surface area (Å²) in [5.74, 6) is -3.19. The number of rotatable bonds is 5. The maximum atomic E-state index is 13.9. The molecule has 0 aliphatic carbocycles. The van der Waals surface area contributed by atoms with Gasteiger partial charge in [-0.15, -0.1) is 0 Å². The molecule has 2 unspecified atom stereocenters. The van der Waals surface area contributed by atoms with Crippen molar-refractivity contribution in [3.8, 4) is 11.1 Å².